The van der Waals surface area contributed by atoms with Gasteiger partial charge in [-0.1, -0.05) is 12.1 Å². The van der Waals surface area contributed by atoms with E-state index in [2.05, 4.69) is 5.32 Å². The Hall–Kier alpha value is -1.96. The van der Waals surface area contributed by atoms with E-state index in [-0.39, 0.29) is 6.54 Å². The van der Waals surface area contributed by atoms with Gasteiger partial charge in [0.05, 0.1) is 17.9 Å². The van der Waals surface area contributed by atoms with E-state index < -0.39 is 30.8 Å². The summed E-state index contributed by atoms with van der Waals surface area (Å²) in [6.07, 6.45) is -5.26. The molecule has 1 aromatic carbocycles. The molecule has 0 unspecified atom stereocenters. The molecule has 5 nitrogen and oxygen atoms in total. The van der Waals surface area contributed by atoms with Gasteiger partial charge in [-0.3, -0.25) is 0 Å². The molecule has 0 saturated carbocycles. The quantitative estimate of drug-likeness (QED) is 0.895. The third-order valence-electron chi connectivity index (χ3n) is 4.09. The first-order valence-electron chi connectivity index (χ1n) is 7.33. The van der Waals surface area contributed by atoms with Crippen molar-refractivity contribution in [3.05, 3.63) is 24.3 Å². The van der Waals surface area contributed by atoms with Gasteiger partial charge in [0.2, 0.25) is 0 Å². The SMILES string of the molecule is CCN(C)c1ccccc1NC(=O)N1CC[C@](O)(C(F)(F)F)C1. The van der Waals surface area contributed by atoms with Crippen molar-refractivity contribution in [3.63, 3.8) is 0 Å². The molecule has 1 atom stereocenters. The van der Waals surface area contributed by atoms with Crippen LogP contribution in [0.15, 0.2) is 24.3 Å². The Kier molecular flexibility index (Phi) is 4.74. The molecule has 1 saturated heterocycles. The average Bonchev–Trinajstić information content (AvgIpc) is 2.91. The number of hydrogen-bond donors (Lipinski definition) is 2. The number of anilines is 2. The fraction of sp³-hybridized carbons (Fsp3) is 0.533. The molecule has 1 fully saturated rings. The van der Waals surface area contributed by atoms with Gasteiger partial charge in [-0.05, 0) is 19.1 Å². The van der Waals surface area contributed by atoms with E-state index >= 15 is 0 Å². The summed E-state index contributed by atoms with van der Waals surface area (Å²) in [4.78, 5) is 15.1. The third-order valence-corrected chi connectivity index (χ3v) is 4.09. The van der Waals surface area contributed by atoms with Gasteiger partial charge in [0.25, 0.3) is 0 Å². The molecule has 2 N–H and O–H groups in total. The Bertz CT molecular complexity index is 579. The van der Waals surface area contributed by atoms with Gasteiger partial charge in [0.1, 0.15) is 0 Å². The number of rotatable bonds is 3. The predicted octanol–water partition coefficient (Wildman–Crippen LogP) is 2.67. The summed E-state index contributed by atoms with van der Waals surface area (Å²) in [6, 6.07) is 6.40. The number of para-hydroxylation sites is 2. The normalized spacial score (nSPS) is 21.4. The number of amides is 2. The van der Waals surface area contributed by atoms with Crippen molar-refractivity contribution in [2.45, 2.75) is 25.1 Å². The van der Waals surface area contributed by atoms with Crippen molar-refractivity contribution < 1.29 is 23.1 Å². The molecule has 2 amide bonds. The van der Waals surface area contributed by atoms with Crippen LogP contribution < -0.4 is 10.2 Å². The Labute approximate surface area is 132 Å². The molecular weight excluding hydrogens is 311 g/mol. The second kappa shape index (κ2) is 6.27. The number of halogens is 3. The van der Waals surface area contributed by atoms with Gasteiger partial charge in [0, 0.05) is 26.6 Å². The molecule has 128 valence electrons. The Balaban J connectivity index is 2.10. The van der Waals surface area contributed by atoms with Crippen LogP contribution in [0.5, 0.6) is 0 Å². The number of hydrogen-bond acceptors (Lipinski definition) is 3. The zero-order valence-electron chi connectivity index (χ0n) is 13.0. The van der Waals surface area contributed by atoms with Crippen LogP contribution in [0.4, 0.5) is 29.3 Å². The van der Waals surface area contributed by atoms with Gasteiger partial charge in [-0.15, -0.1) is 0 Å². The number of carbonyl (C=O) groups is 1. The van der Waals surface area contributed by atoms with Crippen LogP contribution in [0.25, 0.3) is 0 Å². The fourth-order valence-electron chi connectivity index (χ4n) is 2.48. The van der Waals surface area contributed by atoms with Gasteiger partial charge in [0.15, 0.2) is 5.60 Å². The van der Waals surface area contributed by atoms with Crippen LogP contribution in [-0.4, -0.2) is 54.5 Å². The number of aliphatic hydroxyl groups is 1. The standard InChI is InChI=1S/C15H20F3N3O2/c1-3-20(2)12-7-5-4-6-11(12)19-13(22)21-9-8-14(23,10-21)15(16,17)18/h4-7,23H,3,8-10H2,1-2H3,(H,19,22)/t14-/m1/s1. The second-order valence-electron chi connectivity index (χ2n) is 5.66. The van der Waals surface area contributed by atoms with E-state index in [4.69, 9.17) is 0 Å². The first-order chi connectivity index (χ1) is 10.7. The van der Waals surface area contributed by atoms with Crippen LogP contribution in [0.3, 0.4) is 0 Å². The number of likely N-dealkylation sites (tertiary alicyclic amines) is 1. The lowest BCUT2D eigenvalue weighted by Crippen LogP contribution is -2.48. The molecule has 0 spiro atoms. The van der Waals surface area contributed by atoms with Crippen LogP contribution in [-0.2, 0) is 0 Å². The van der Waals surface area contributed by atoms with E-state index in [1.54, 1.807) is 12.1 Å². The van der Waals surface area contributed by atoms with E-state index in [9.17, 15) is 23.1 Å². The Morgan fingerprint density at radius 2 is 2.09 bits per heavy atom. The fourth-order valence-corrected chi connectivity index (χ4v) is 2.48. The molecular formula is C15H20F3N3O2. The van der Waals surface area contributed by atoms with E-state index in [0.29, 0.717) is 12.2 Å². The molecule has 1 heterocycles. The summed E-state index contributed by atoms with van der Waals surface area (Å²) in [5.41, 5.74) is -1.54. The zero-order valence-corrected chi connectivity index (χ0v) is 13.0. The minimum absolute atomic E-state index is 0.145. The van der Waals surface area contributed by atoms with Crippen molar-refractivity contribution in [1.29, 1.82) is 0 Å². The van der Waals surface area contributed by atoms with Crippen LogP contribution in [0, 0.1) is 0 Å². The van der Waals surface area contributed by atoms with Crippen molar-refractivity contribution in [2.75, 3.05) is 36.9 Å². The maximum absolute atomic E-state index is 12.8. The Morgan fingerprint density at radius 1 is 1.43 bits per heavy atom. The number of β-amino-alcohol motifs (C(OH)–C–C–N with tert-alkyl or cyclic N) is 1. The molecule has 0 radical (unpaired) electrons. The smallest absolute Gasteiger partial charge is 0.379 e. The summed E-state index contributed by atoms with van der Waals surface area (Å²) >= 11 is 0. The van der Waals surface area contributed by atoms with Gasteiger partial charge >= 0.3 is 12.2 Å². The third kappa shape index (κ3) is 3.52. The molecule has 23 heavy (non-hydrogen) atoms. The first kappa shape index (κ1) is 17.4. The highest BCUT2D eigenvalue weighted by atomic mass is 19.4. The summed E-state index contributed by atoms with van der Waals surface area (Å²) in [6.45, 7) is 1.76. The maximum atomic E-state index is 12.8. The van der Waals surface area contributed by atoms with E-state index in [1.165, 1.54) is 0 Å². The minimum atomic E-state index is -4.75. The summed E-state index contributed by atoms with van der Waals surface area (Å²) in [5.74, 6) is 0. The highest BCUT2D eigenvalue weighted by molar-refractivity contribution is 5.93. The topological polar surface area (TPSA) is 55.8 Å². The van der Waals surface area contributed by atoms with Crippen molar-refractivity contribution in [2.24, 2.45) is 0 Å². The number of benzene rings is 1. The lowest BCUT2D eigenvalue weighted by molar-refractivity contribution is -0.253. The monoisotopic (exact) mass is 331 g/mol. The summed E-state index contributed by atoms with van der Waals surface area (Å²) in [5, 5.41) is 12.3. The number of alkyl halides is 3. The zero-order chi connectivity index (χ0) is 17.3. The van der Waals surface area contributed by atoms with Gasteiger partial charge in [-0.2, -0.15) is 13.2 Å². The molecule has 0 aromatic heterocycles. The van der Waals surface area contributed by atoms with Crippen LogP contribution in [0.1, 0.15) is 13.3 Å². The molecule has 0 aliphatic carbocycles. The molecule has 2 rings (SSSR count). The number of urea groups is 1. The van der Waals surface area contributed by atoms with E-state index in [0.717, 1.165) is 10.6 Å². The predicted molar refractivity (Wildman–Crippen MR) is 81.6 cm³/mol. The largest absolute Gasteiger partial charge is 0.419 e. The van der Waals surface area contributed by atoms with Gasteiger partial charge in [-0.25, -0.2) is 4.79 Å². The minimum Gasteiger partial charge on any atom is -0.379 e. The highest BCUT2D eigenvalue weighted by Gasteiger charge is 2.57. The van der Waals surface area contributed by atoms with Crippen LogP contribution in [0.2, 0.25) is 0 Å². The number of nitrogens with zero attached hydrogens (tertiary/aromatic N) is 2. The molecule has 1 aliphatic heterocycles. The van der Waals surface area contributed by atoms with Gasteiger partial charge < -0.3 is 20.2 Å². The average molecular weight is 331 g/mol. The number of carbonyl (C=O) groups excluding carboxylic acids is 1. The second-order valence-corrected chi connectivity index (χ2v) is 5.66. The van der Waals surface area contributed by atoms with Crippen molar-refractivity contribution in [1.82, 2.24) is 4.90 Å². The summed E-state index contributed by atoms with van der Waals surface area (Å²) in [7, 11) is 1.85. The molecule has 1 aromatic rings. The van der Waals surface area contributed by atoms with E-state index in [1.807, 2.05) is 31.0 Å². The summed E-state index contributed by atoms with van der Waals surface area (Å²) < 4.78 is 38.4. The van der Waals surface area contributed by atoms with Crippen molar-refractivity contribution in [3.8, 4) is 0 Å². The van der Waals surface area contributed by atoms with Crippen molar-refractivity contribution >= 4 is 17.4 Å². The first-order valence-corrected chi connectivity index (χ1v) is 7.33. The maximum Gasteiger partial charge on any atom is 0.419 e. The number of nitrogens with one attached hydrogen (secondary N) is 1. The molecule has 0 bridgehead atoms. The molecule has 8 heteroatoms. The van der Waals surface area contributed by atoms with Crippen LogP contribution >= 0.6 is 0 Å². The molecule has 1 aliphatic rings. The Morgan fingerprint density at radius 3 is 2.65 bits per heavy atom. The lowest BCUT2D eigenvalue weighted by atomic mass is 10.0. The highest BCUT2D eigenvalue weighted by Crippen LogP contribution is 2.38. The lowest BCUT2D eigenvalue weighted by Gasteiger charge is -2.26.